The maximum atomic E-state index is 12.4. The van der Waals surface area contributed by atoms with Gasteiger partial charge in [0, 0.05) is 12.0 Å². The standard InChI is InChI=1S/C17H19NO5/c1-2-22-17(21)16-14(19)8-9-18(16)10-15(20)23-11-13(18)12-6-4-3-5-7-12/h3-7,13H,2,8-11H2,1H3/t13-,18+/m0/s1. The van der Waals surface area contributed by atoms with Crippen molar-refractivity contribution in [1.29, 1.82) is 0 Å². The molecule has 2 aliphatic rings. The van der Waals surface area contributed by atoms with Crippen LogP contribution in [-0.2, 0) is 19.1 Å². The average molecular weight is 317 g/mol. The van der Waals surface area contributed by atoms with E-state index in [0.29, 0.717) is 6.54 Å². The summed E-state index contributed by atoms with van der Waals surface area (Å²) in [4.78, 5) is 24.3. The number of rotatable bonds is 3. The highest BCUT2D eigenvalue weighted by Crippen LogP contribution is 2.42. The van der Waals surface area contributed by atoms with Crippen LogP contribution >= 0.6 is 0 Å². The number of nitrogens with zero attached hydrogens (tertiary/aromatic N) is 1. The number of benzene rings is 1. The van der Waals surface area contributed by atoms with Crippen LogP contribution in [0.25, 0.3) is 0 Å². The van der Waals surface area contributed by atoms with Gasteiger partial charge in [-0.2, -0.15) is 0 Å². The second-order valence-corrected chi connectivity index (χ2v) is 5.77. The van der Waals surface area contributed by atoms with Crippen molar-refractivity contribution < 1.29 is 28.7 Å². The molecule has 1 saturated heterocycles. The summed E-state index contributed by atoms with van der Waals surface area (Å²) in [5.41, 5.74) is 1.02. The number of morpholine rings is 1. The summed E-state index contributed by atoms with van der Waals surface area (Å²) in [5, 5.41) is 12.3. The van der Waals surface area contributed by atoms with E-state index in [-0.39, 0.29) is 48.2 Å². The molecule has 1 aromatic rings. The third-order valence-corrected chi connectivity index (χ3v) is 4.51. The van der Waals surface area contributed by atoms with Gasteiger partial charge in [0.25, 0.3) is 0 Å². The molecule has 1 fully saturated rings. The summed E-state index contributed by atoms with van der Waals surface area (Å²) < 4.78 is 10.3. The van der Waals surface area contributed by atoms with Gasteiger partial charge in [-0.05, 0) is 6.92 Å². The SMILES string of the molecule is CCOC(=O)C1=C([O-])CC[N@+]12CC(=O)OC[C@H]2c1ccccc1. The molecule has 1 spiro atoms. The van der Waals surface area contributed by atoms with E-state index in [9.17, 15) is 14.7 Å². The third kappa shape index (κ3) is 2.59. The number of hydrogen-bond donors (Lipinski definition) is 0. The van der Waals surface area contributed by atoms with Crippen LogP contribution in [0.3, 0.4) is 0 Å². The highest BCUT2D eigenvalue weighted by Gasteiger charge is 2.53. The summed E-state index contributed by atoms with van der Waals surface area (Å²) in [7, 11) is 0. The quantitative estimate of drug-likeness (QED) is 0.604. The van der Waals surface area contributed by atoms with Crippen LogP contribution < -0.4 is 5.11 Å². The summed E-state index contributed by atoms with van der Waals surface area (Å²) >= 11 is 0. The minimum absolute atomic E-state index is 0.0144. The largest absolute Gasteiger partial charge is 0.871 e. The Labute approximate surface area is 134 Å². The fourth-order valence-electron chi connectivity index (χ4n) is 3.50. The van der Waals surface area contributed by atoms with Gasteiger partial charge in [0.2, 0.25) is 5.70 Å². The first-order valence-electron chi connectivity index (χ1n) is 7.73. The van der Waals surface area contributed by atoms with Crippen molar-refractivity contribution in [3.63, 3.8) is 0 Å². The first-order valence-corrected chi connectivity index (χ1v) is 7.73. The van der Waals surface area contributed by atoms with Gasteiger partial charge < -0.3 is 14.6 Å². The Kier molecular flexibility index (Phi) is 4.09. The van der Waals surface area contributed by atoms with E-state index < -0.39 is 11.9 Å². The number of esters is 2. The van der Waals surface area contributed by atoms with Crippen LogP contribution in [0.2, 0.25) is 0 Å². The van der Waals surface area contributed by atoms with Crippen molar-refractivity contribution >= 4 is 11.9 Å². The molecule has 122 valence electrons. The molecule has 6 nitrogen and oxygen atoms in total. The highest BCUT2D eigenvalue weighted by atomic mass is 16.5. The predicted octanol–water partition coefficient (Wildman–Crippen LogP) is 0.640. The minimum atomic E-state index is -0.620. The van der Waals surface area contributed by atoms with E-state index in [1.807, 2.05) is 30.3 Å². The summed E-state index contributed by atoms with van der Waals surface area (Å²) in [6, 6.07) is 9.27. The van der Waals surface area contributed by atoms with Crippen molar-refractivity contribution in [2.75, 3.05) is 26.3 Å². The van der Waals surface area contributed by atoms with Crippen LogP contribution in [0.1, 0.15) is 24.9 Å². The molecule has 0 saturated carbocycles. The zero-order valence-electron chi connectivity index (χ0n) is 13.0. The molecule has 0 aromatic heterocycles. The Morgan fingerprint density at radius 1 is 1.39 bits per heavy atom. The van der Waals surface area contributed by atoms with E-state index in [1.54, 1.807) is 6.92 Å². The molecular weight excluding hydrogens is 298 g/mol. The van der Waals surface area contributed by atoms with E-state index in [2.05, 4.69) is 0 Å². The Morgan fingerprint density at radius 3 is 2.83 bits per heavy atom. The minimum Gasteiger partial charge on any atom is -0.871 e. The number of ether oxygens (including phenoxy) is 2. The molecule has 6 heteroatoms. The Bertz CT molecular complexity index is 654. The lowest BCUT2D eigenvalue weighted by atomic mass is 10.0. The highest BCUT2D eigenvalue weighted by molar-refractivity contribution is 5.87. The lowest BCUT2D eigenvalue weighted by Gasteiger charge is -2.44. The van der Waals surface area contributed by atoms with Gasteiger partial charge in [-0.1, -0.05) is 36.1 Å². The molecule has 0 amide bonds. The van der Waals surface area contributed by atoms with Gasteiger partial charge in [0.1, 0.15) is 6.61 Å². The van der Waals surface area contributed by atoms with E-state index >= 15 is 0 Å². The fourth-order valence-corrected chi connectivity index (χ4v) is 3.50. The molecule has 0 N–H and O–H groups in total. The summed E-state index contributed by atoms with van der Waals surface area (Å²) in [6.45, 7) is 2.44. The predicted molar refractivity (Wildman–Crippen MR) is 78.4 cm³/mol. The van der Waals surface area contributed by atoms with Crippen molar-refractivity contribution in [2.24, 2.45) is 0 Å². The van der Waals surface area contributed by atoms with E-state index in [0.717, 1.165) is 5.56 Å². The second kappa shape index (κ2) is 6.04. The van der Waals surface area contributed by atoms with Crippen LogP contribution in [0.5, 0.6) is 0 Å². The molecular formula is C17H19NO5. The first-order chi connectivity index (χ1) is 11.1. The molecule has 3 rings (SSSR count). The van der Waals surface area contributed by atoms with Gasteiger partial charge in [-0.3, -0.25) is 4.48 Å². The zero-order valence-corrected chi connectivity index (χ0v) is 13.0. The lowest BCUT2D eigenvalue weighted by Crippen LogP contribution is -2.58. The van der Waals surface area contributed by atoms with E-state index in [1.165, 1.54) is 0 Å². The van der Waals surface area contributed by atoms with Gasteiger partial charge in [0.15, 0.2) is 12.6 Å². The molecule has 0 unspecified atom stereocenters. The smallest absolute Gasteiger partial charge is 0.391 e. The monoisotopic (exact) mass is 317 g/mol. The third-order valence-electron chi connectivity index (χ3n) is 4.51. The molecule has 23 heavy (non-hydrogen) atoms. The van der Waals surface area contributed by atoms with Crippen LogP contribution in [0, 0.1) is 0 Å². The van der Waals surface area contributed by atoms with Crippen molar-refractivity contribution in [1.82, 2.24) is 0 Å². The Balaban J connectivity index is 2.07. The molecule has 2 heterocycles. The molecule has 1 aromatic carbocycles. The number of cyclic esters (lactones) is 1. The van der Waals surface area contributed by atoms with Crippen molar-refractivity contribution in [2.45, 2.75) is 19.4 Å². The van der Waals surface area contributed by atoms with Gasteiger partial charge in [-0.15, -0.1) is 0 Å². The number of carbonyl (C=O) groups is 2. The maximum absolute atomic E-state index is 12.4. The number of carbonyl (C=O) groups excluding carboxylic acids is 2. The molecule has 2 atom stereocenters. The Morgan fingerprint density at radius 2 is 2.13 bits per heavy atom. The molecule has 0 bridgehead atoms. The normalized spacial score (nSPS) is 27.2. The van der Waals surface area contributed by atoms with Crippen LogP contribution in [-0.4, -0.2) is 42.7 Å². The molecule has 0 aliphatic carbocycles. The topological polar surface area (TPSA) is 75.7 Å². The summed E-state index contributed by atoms with van der Waals surface area (Å²) in [5.74, 6) is -1.25. The number of hydrogen-bond acceptors (Lipinski definition) is 5. The summed E-state index contributed by atoms with van der Waals surface area (Å²) in [6.07, 6.45) is 0.241. The maximum Gasteiger partial charge on any atom is 0.391 e. The van der Waals surface area contributed by atoms with E-state index in [4.69, 9.17) is 9.47 Å². The van der Waals surface area contributed by atoms with Gasteiger partial charge in [-0.25, -0.2) is 9.59 Å². The van der Waals surface area contributed by atoms with Gasteiger partial charge >= 0.3 is 11.9 Å². The van der Waals surface area contributed by atoms with Gasteiger partial charge in [0.05, 0.1) is 13.2 Å². The van der Waals surface area contributed by atoms with Crippen LogP contribution in [0.15, 0.2) is 41.8 Å². The second-order valence-electron chi connectivity index (χ2n) is 5.77. The fraction of sp³-hybridized carbons (Fsp3) is 0.412. The first kappa shape index (κ1) is 15.6. The molecule has 2 aliphatic heterocycles. The molecule has 0 radical (unpaired) electrons. The average Bonchev–Trinajstić information content (AvgIpc) is 2.85. The zero-order chi connectivity index (χ0) is 16.4. The van der Waals surface area contributed by atoms with Crippen molar-refractivity contribution in [3.8, 4) is 0 Å². The van der Waals surface area contributed by atoms with Crippen molar-refractivity contribution in [3.05, 3.63) is 47.4 Å². The van der Waals surface area contributed by atoms with Crippen LogP contribution in [0.4, 0.5) is 0 Å². The number of quaternary nitrogens is 1. The Hall–Kier alpha value is -2.34. The lowest BCUT2D eigenvalue weighted by molar-refractivity contribution is -0.912.